The molecule has 4 amide bonds. The van der Waals surface area contributed by atoms with E-state index in [4.69, 9.17) is 24.1 Å². The second kappa shape index (κ2) is 17.2. The molecule has 0 spiro atoms. The fraction of sp³-hybridized carbons (Fsp3) is 0.618. The van der Waals surface area contributed by atoms with Gasteiger partial charge in [0, 0.05) is 36.6 Å². The number of benzene rings is 1. The van der Waals surface area contributed by atoms with Gasteiger partial charge in [-0.3, -0.25) is 9.59 Å². The monoisotopic (exact) mass is 675 g/mol. The quantitative estimate of drug-likeness (QED) is 0.139. The molecule has 1 aliphatic heterocycles. The number of rotatable bonds is 10. The third kappa shape index (κ3) is 13.4. The fourth-order valence-corrected chi connectivity index (χ4v) is 4.50. The number of ketones is 1. The molecule has 1 aromatic rings. The summed E-state index contributed by atoms with van der Waals surface area (Å²) in [5.41, 5.74) is -1.67. The van der Waals surface area contributed by atoms with Gasteiger partial charge in [-0.05, 0) is 60.3 Å². The van der Waals surface area contributed by atoms with Gasteiger partial charge in [-0.15, -0.1) is 0 Å². The number of likely N-dealkylation sites (tertiary alicyclic amines) is 1. The van der Waals surface area contributed by atoms with Crippen molar-refractivity contribution in [3.8, 4) is 0 Å². The molecule has 1 N–H and O–H groups in total. The summed E-state index contributed by atoms with van der Waals surface area (Å²) in [6.07, 6.45) is -2.67. The van der Waals surface area contributed by atoms with Crippen molar-refractivity contribution in [1.82, 2.24) is 9.80 Å². The van der Waals surface area contributed by atoms with E-state index in [0.29, 0.717) is 30.8 Å². The lowest BCUT2D eigenvalue weighted by molar-refractivity contribution is -0.147. The predicted molar refractivity (Wildman–Crippen MR) is 175 cm³/mol. The topological polar surface area (TPSA) is 178 Å². The maximum absolute atomic E-state index is 13.4. The second-order valence-corrected chi connectivity index (χ2v) is 14.0. The van der Waals surface area contributed by atoms with Crippen molar-refractivity contribution in [1.29, 1.82) is 0 Å². The van der Waals surface area contributed by atoms with E-state index >= 15 is 0 Å². The zero-order chi connectivity index (χ0) is 36.4. The number of carbonyl (C=O) groups is 6. The largest absolute Gasteiger partial charge is 0.480 e. The number of aliphatic carboxylic acids is 1. The zero-order valence-electron chi connectivity index (χ0n) is 29.4. The van der Waals surface area contributed by atoms with Gasteiger partial charge in [-0.2, -0.15) is 9.89 Å². The molecule has 1 aromatic carbocycles. The number of carboxylic acids is 1. The standard InChI is InChI=1S/C34H49N3O11/c1-21(2)19-46-30(42)35-28(37(31(43)47-33(4,5)6)32(44)48-34(7,8)9)24-12-10-23(11-13-24)26(38)18-22(3)29(41)36-16-14-25(15-17-36)45-20-27(39)40/h10-13,21-22,25H,14-20H2,1-9H3,(H,39,40)/t22-/m1/s1. The Hall–Kier alpha value is -4.33. The normalized spacial score (nSPS) is 15.0. The van der Waals surface area contributed by atoms with E-state index in [-0.39, 0.29) is 47.9 Å². The molecule has 48 heavy (non-hydrogen) atoms. The Balaban J connectivity index is 2.32. The Morgan fingerprint density at radius 2 is 1.38 bits per heavy atom. The van der Waals surface area contributed by atoms with Crippen molar-refractivity contribution >= 4 is 41.8 Å². The van der Waals surface area contributed by atoms with Crippen LogP contribution in [0.1, 0.15) is 97.5 Å². The highest BCUT2D eigenvalue weighted by Gasteiger charge is 2.36. The Morgan fingerprint density at radius 1 is 0.875 bits per heavy atom. The Morgan fingerprint density at radius 3 is 1.83 bits per heavy atom. The number of ether oxygens (including phenoxy) is 4. The summed E-state index contributed by atoms with van der Waals surface area (Å²) in [5, 5.41) is 8.80. The number of imide groups is 1. The molecule has 1 atom stereocenters. The number of carbonyl (C=O) groups excluding carboxylic acids is 5. The molecular weight excluding hydrogens is 626 g/mol. The average molecular weight is 676 g/mol. The lowest BCUT2D eigenvalue weighted by Gasteiger charge is -2.33. The van der Waals surface area contributed by atoms with Crippen LogP contribution in [0.4, 0.5) is 14.4 Å². The summed E-state index contributed by atoms with van der Waals surface area (Å²) in [6.45, 7) is 15.4. The van der Waals surface area contributed by atoms with E-state index in [1.165, 1.54) is 24.3 Å². The smallest absolute Gasteiger partial charge is 0.435 e. The number of hydrogen-bond acceptors (Lipinski definition) is 10. The molecule has 1 heterocycles. The van der Waals surface area contributed by atoms with Crippen molar-refractivity contribution in [2.24, 2.45) is 16.8 Å². The average Bonchev–Trinajstić information content (AvgIpc) is 2.96. The molecule has 2 rings (SSSR count). The third-order valence-corrected chi connectivity index (χ3v) is 6.68. The van der Waals surface area contributed by atoms with Crippen molar-refractivity contribution in [2.45, 2.75) is 98.9 Å². The van der Waals surface area contributed by atoms with Gasteiger partial charge < -0.3 is 29.0 Å². The van der Waals surface area contributed by atoms with Crippen molar-refractivity contribution in [3.63, 3.8) is 0 Å². The molecule has 14 nitrogen and oxygen atoms in total. The molecule has 0 aromatic heterocycles. The molecule has 0 unspecified atom stereocenters. The van der Waals surface area contributed by atoms with E-state index in [1.54, 1.807) is 53.4 Å². The molecule has 0 aliphatic carbocycles. The number of amides is 4. The summed E-state index contributed by atoms with van der Waals surface area (Å²) >= 11 is 0. The van der Waals surface area contributed by atoms with E-state index in [2.05, 4.69) is 4.99 Å². The van der Waals surface area contributed by atoms with E-state index in [0.717, 1.165) is 0 Å². The summed E-state index contributed by atoms with van der Waals surface area (Å²) in [7, 11) is 0. The van der Waals surface area contributed by atoms with Crippen LogP contribution in [0.5, 0.6) is 0 Å². The van der Waals surface area contributed by atoms with E-state index in [1.807, 2.05) is 13.8 Å². The first-order valence-corrected chi connectivity index (χ1v) is 15.9. The number of amidine groups is 1. The fourth-order valence-electron chi connectivity index (χ4n) is 4.50. The number of aliphatic imine (C=N–C) groups is 1. The van der Waals surface area contributed by atoms with Crippen LogP contribution in [0.15, 0.2) is 29.3 Å². The van der Waals surface area contributed by atoms with Crippen LogP contribution in [-0.2, 0) is 28.5 Å². The molecule has 1 aliphatic rings. The third-order valence-electron chi connectivity index (χ3n) is 6.68. The number of hydrogen-bond donors (Lipinski definition) is 1. The van der Waals surface area contributed by atoms with Gasteiger partial charge in [0.1, 0.15) is 17.8 Å². The highest BCUT2D eigenvalue weighted by Crippen LogP contribution is 2.22. The SMILES string of the molecule is CC(C)COC(=O)N=C(c1ccc(C(=O)C[C@@H](C)C(=O)N2CCC(OCC(=O)O)CC2)cc1)N(C(=O)OC(C)(C)C)C(=O)OC(C)(C)C. The van der Waals surface area contributed by atoms with Gasteiger partial charge in [-0.25, -0.2) is 19.2 Å². The number of nitrogens with zero attached hydrogens (tertiary/aromatic N) is 3. The summed E-state index contributed by atoms with van der Waals surface area (Å²) < 4.78 is 21.4. The van der Waals surface area contributed by atoms with Crippen molar-refractivity contribution < 1.29 is 52.8 Å². The molecule has 1 saturated heterocycles. The Bertz CT molecular complexity index is 1320. The highest BCUT2D eigenvalue weighted by molar-refractivity contribution is 6.18. The Labute approximate surface area is 281 Å². The minimum Gasteiger partial charge on any atom is -0.480 e. The van der Waals surface area contributed by atoms with Gasteiger partial charge in [0.25, 0.3) is 0 Å². The Kier molecular flexibility index (Phi) is 14.3. The summed E-state index contributed by atoms with van der Waals surface area (Å²) in [5.74, 6) is -2.64. The maximum atomic E-state index is 13.4. The molecule has 266 valence electrons. The van der Waals surface area contributed by atoms with Crippen LogP contribution >= 0.6 is 0 Å². The van der Waals surface area contributed by atoms with E-state index in [9.17, 15) is 28.8 Å². The van der Waals surface area contributed by atoms with Crippen molar-refractivity contribution in [3.05, 3.63) is 35.4 Å². The van der Waals surface area contributed by atoms with Crippen LogP contribution in [0.3, 0.4) is 0 Å². The second-order valence-electron chi connectivity index (χ2n) is 14.0. The lowest BCUT2D eigenvalue weighted by Crippen LogP contribution is -2.47. The maximum Gasteiger partial charge on any atom is 0.435 e. The van der Waals surface area contributed by atoms with Gasteiger partial charge >= 0.3 is 24.2 Å². The first-order valence-electron chi connectivity index (χ1n) is 15.9. The zero-order valence-corrected chi connectivity index (χ0v) is 29.4. The van der Waals surface area contributed by atoms with Crippen molar-refractivity contribution in [2.75, 3.05) is 26.3 Å². The molecule has 14 heteroatoms. The van der Waals surface area contributed by atoms with Crippen LogP contribution in [0.25, 0.3) is 0 Å². The van der Waals surface area contributed by atoms with Gasteiger partial charge in [0.05, 0.1) is 12.7 Å². The number of Topliss-reactive ketones (excluding diaryl/α,β-unsaturated/α-hetero) is 1. The first kappa shape index (κ1) is 39.8. The van der Waals surface area contributed by atoms with E-state index < -0.39 is 53.8 Å². The molecule has 1 fully saturated rings. The number of carboxylic acid groups (broad SMARTS) is 1. The minimum absolute atomic E-state index is 0.00959. The van der Waals surface area contributed by atoms with Crippen LogP contribution < -0.4 is 0 Å². The van der Waals surface area contributed by atoms with Gasteiger partial charge in [-0.1, -0.05) is 45.0 Å². The predicted octanol–water partition coefficient (Wildman–Crippen LogP) is 5.70. The number of piperidine rings is 1. The minimum atomic E-state index is -1.14. The molecule has 0 saturated carbocycles. The van der Waals surface area contributed by atoms with Crippen LogP contribution in [0, 0.1) is 11.8 Å². The first-order chi connectivity index (χ1) is 22.2. The highest BCUT2D eigenvalue weighted by atomic mass is 16.6. The summed E-state index contributed by atoms with van der Waals surface area (Å²) in [6, 6.07) is 5.71. The van der Waals surface area contributed by atoms with Crippen LogP contribution in [-0.4, -0.2) is 100 Å². The van der Waals surface area contributed by atoms with Crippen LogP contribution in [0.2, 0.25) is 0 Å². The molecule has 0 radical (unpaired) electrons. The summed E-state index contributed by atoms with van der Waals surface area (Å²) in [4.78, 5) is 82.6. The van der Waals surface area contributed by atoms with Gasteiger partial charge in [0.2, 0.25) is 5.91 Å². The lowest BCUT2D eigenvalue weighted by atomic mass is 9.96. The van der Waals surface area contributed by atoms with Gasteiger partial charge in [0.15, 0.2) is 11.6 Å². The molecule has 0 bridgehead atoms. The molecular formula is C34H49N3O11.